The fourth-order valence-corrected chi connectivity index (χ4v) is 2.06. The first-order valence-electron chi connectivity index (χ1n) is 5.90. The number of hydrogen-bond acceptors (Lipinski definition) is 5. The van der Waals surface area contributed by atoms with Crippen molar-refractivity contribution in [2.45, 2.75) is 6.04 Å². The summed E-state index contributed by atoms with van der Waals surface area (Å²) in [6.45, 7) is 1.00. The van der Waals surface area contributed by atoms with E-state index in [1.807, 2.05) is 6.07 Å². The minimum atomic E-state index is -0.740. The van der Waals surface area contributed by atoms with Gasteiger partial charge in [0.15, 0.2) is 0 Å². The Balaban J connectivity index is 2.40. The molecule has 7 nitrogen and oxygen atoms in total. The number of halogens is 1. The van der Waals surface area contributed by atoms with Crippen LogP contribution in [0.3, 0.4) is 0 Å². The third-order valence-corrected chi connectivity index (χ3v) is 3.04. The number of carbonyl (C=O) groups excluding carboxylic acids is 1. The average molecular weight is 278 g/mol. The molecule has 0 aliphatic carbocycles. The Morgan fingerprint density at radius 1 is 1.60 bits per heavy atom. The van der Waals surface area contributed by atoms with Crippen LogP contribution < -0.4 is 5.32 Å². The van der Waals surface area contributed by atoms with Gasteiger partial charge in [0.05, 0.1) is 11.0 Å². The Morgan fingerprint density at radius 3 is 3.00 bits per heavy atom. The first-order valence-corrected chi connectivity index (χ1v) is 5.90. The first kappa shape index (κ1) is 13.9. The summed E-state index contributed by atoms with van der Waals surface area (Å²) in [5, 5.41) is 22.9. The molecule has 1 amide bonds. The van der Waals surface area contributed by atoms with Crippen molar-refractivity contribution in [3.63, 3.8) is 0 Å². The number of carbonyl (C=O) groups is 1. The van der Waals surface area contributed by atoms with E-state index in [1.54, 1.807) is 0 Å². The van der Waals surface area contributed by atoms with Crippen LogP contribution in [0.1, 0.15) is 10.4 Å². The predicted octanol–water partition coefficient (Wildman–Crippen LogP) is 0.671. The molecule has 2 rings (SSSR count). The standard InChI is InChI=1S/C12H11FN4O3/c13-8-1-2-11(17(19)20)10(5-8)12(18)16-4-3-15-7-9(16)6-14/h1-2,5,9,15H,3-4,7H2. The van der Waals surface area contributed by atoms with Gasteiger partial charge in [-0.1, -0.05) is 0 Å². The molecule has 8 heteroatoms. The van der Waals surface area contributed by atoms with Crippen molar-refractivity contribution in [3.05, 3.63) is 39.7 Å². The monoisotopic (exact) mass is 278 g/mol. The summed E-state index contributed by atoms with van der Waals surface area (Å²) in [7, 11) is 0. The highest BCUT2D eigenvalue weighted by atomic mass is 19.1. The lowest BCUT2D eigenvalue weighted by molar-refractivity contribution is -0.385. The topological polar surface area (TPSA) is 99.3 Å². The van der Waals surface area contributed by atoms with Crippen molar-refractivity contribution in [3.8, 4) is 6.07 Å². The van der Waals surface area contributed by atoms with Crippen LogP contribution in [0.25, 0.3) is 0 Å². The summed E-state index contributed by atoms with van der Waals surface area (Å²) in [5.41, 5.74) is -0.802. The molecular weight excluding hydrogens is 267 g/mol. The van der Waals surface area contributed by atoms with E-state index in [4.69, 9.17) is 5.26 Å². The molecule has 1 aromatic rings. The number of benzene rings is 1. The summed E-state index contributed by atoms with van der Waals surface area (Å²) >= 11 is 0. The van der Waals surface area contributed by atoms with Gasteiger partial charge in [0.1, 0.15) is 17.4 Å². The maximum absolute atomic E-state index is 13.2. The fraction of sp³-hybridized carbons (Fsp3) is 0.333. The Hall–Kier alpha value is -2.53. The Labute approximate surface area is 113 Å². The number of nitrogens with zero attached hydrogens (tertiary/aromatic N) is 3. The molecule has 1 N–H and O–H groups in total. The molecule has 1 aliphatic rings. The highest BCUT2D eigenvalue weighted by Gasteiger charge is 2.31. The molecule has 1 atom stereocenters. The lowest BCUT2D eigenvalue weighted by atomic mass is 10.1. The quantitative estimate of drug-likeness (QED) is 0.633. The zero-order chi connectivity index (χ0) is 14.7. The normalized spacial score (nSPS) is 18.4. The summed E-state index contributed by atoms with van der Waals surface area (Å²) in [6, 6.07) is 3.93. The van der Waals surface area contributed by atoms with Gasteiger partial charge in [-0.3, -0.25) is 14.9 Å². The van der Waals surface area contributed by atoms with E-state index in [-0.39, 0.29) is 18.7 Å². The second kappa shape index (κ2) is 5.63. The smallest absolute Gasteiger partial charge is 0.282 e. The van der Waals surface area contributed by atoms with Crippen LogP contribution in [0.2, 0.25) is 0 Å². The van der Waals surface area contributed by atoms with Crippen LogP contribution in [-0.4, -0.2) is 41.4 Å². The van der Waals surface area contributed by atoms with Crippen molar-refractivity contribution in [2.75, 3.05) is 19.6 Å². The first-order chi connectivity index (χ1) is 9.54. The Kier molecular flexibility index (Phi) is 3.91. The number of hydrogen-bond donors (Lipinski definition) is 1. The van der Waals surface area contributed by atoms with Gasteiger partial charge in [-0.15, -0.1) is 0 Å². The minimum Gasteiger partial charge on any atom is -0.320 e. The van der Waals surface area contributed by atoms with Crippen molar-refractivity contribution in [1.82, 2.24) is 10.2 Å². The molecule has 1 aromatic carbocycles. The molecule has 0 radical (unpaired) electrons. The second-order valence-corrected chi connectivity index (χ2v) is 4.27. The molecule has 104 valence electrons. The number of nitriles is 1. The lowest BCUT2D eigenvalue weighted by Crippen LogP contribution is -2.53. The van der Waals surface area contributed by atoms with E-state index in [0.29, 0.717) is 6.54 Å². The number of nitrogens with one attached hydrogen (secondary N) is 1. The molecule has 0 aromatic heterocycles. The highest BCUT2D eigenvalue weighted by Crippen LogP contribution is 2.22. The number of rotatable bonds is 2. The average Bonchev–Trinajstić information content (AvgIpc) is 2.46. The summed E-state index contributed by atoms with van der Waals surface area (Å²) in [4.78, 5) is 23.7. The Morgan fingerprint density at radius 2 is 2.35 bits per heavy atom. The van der Waals surface area contributed by atoms with Gasteiger partial charge in [0.25, 0.3) is 11.6 Å². The van der Waals surface area contributed by atoms with Crippen LogP contribution in [0.4, 0.5) is 10.1 Å². The van der Waals surface area contributed by atoms with Crippen molar-refractivity contribution in [1.29, 1.82) is 5.26 Å². The number of nitro groups is 1. The van der Waals surface area contributed by atoms with E-state index in [1.165, 1.54) is 4.90 Å². The SMILES string of the molecule is N#CC1CNCCN1C(=O)c1cc(F)ccc1[N+](=O)[O-]. The van der Waals surface area contributed by atoms with Crippen LogP contribution in [0, 0.1) is 27.3 Å². The largest absolute Gasteiger partial charge is 0.320 e. The number of amides is 1. The van der Waals surface area contributed by atoms with Crippen LogP contribution >= 0.6 is 0 Å². The van der Waals surface area contributed by atoms with Gasteiger partial charge in [0.2, 0.25) is 0 Å². The number of nitro benzene ring substituents is 1. The second-order valence-electron chi connectivity index (χ2n) is 4.27. The molecule has 20 heavy (non-hydrogen) atoms. The van der Waals surface area contributed by atoms with Gasteiger partial charge >= 0.3 is 0 Å². The number of piperazine rings is 1. The van der Waals surface area contributed by atoms with Crippen molar-refractivity contribution >= 4 is 11.6 Å². The summed E-state index contributed by atoms with van der Waals surface area (Å²) < 4.78 is 13.2. The van der Waals surface area contributed by atoms with E-state index < -0.39 is 28.4 Å². The van der Waals surface area contributed by atoms with Crippen LogP contribution in [0.15, 0.2) is 18.2 Å². The molecule has 0 spiro atoms. The third-order valence-electron chi connectivity index (χ3n) is 3.04. The molecule has 0 bridgehead atoms. The Bertz CT molecular complexity index is 599. The van der Waals surface area contributed by atoms with Gasteiger partial charge in [-0.2, -0.15) is 5.26 Å². The highest BCUT2D eigenvalue weighted by molar-refractivity contribution is 5.98. The van der Waals surface area contributed by atoms with E-state index in [0.717, 1.165) is 18.2 Å². The van der Waals surface area contributed by atoms with E-state index in [9.17, 15) is 19.3 Å². The maximum Gasteiger partial charge on any atom is 0.282 e. The van der Waals surface area contributed by atoms with Crippen LogP contribution in [-0.2, 0) is 0 Å². The van der Waals surface area contributed by atoms with Gasteiger partial charge in [0, 0.05) is 25.7 Å². The molecule has 1 heterocycles. The van der Waals surface area contributed by atoms with Gasteiger partial charge < -0.3 is 10.2 Å². The maximum atomic E-state index is 13.2. The predicted molar refractivity (Wildman–Crippen MR) is 66.4 cm³/mol. The molecule has 1 aliphatic heterocycles. The zero-order valence-corrected chi connectivity index (χ0v) is 10.4. The molecule has 1 unspecified atom stereocenters. The van der Waals surface area contributed by atoms with E-state index >= 15 is 0 Å². The van der Waals surface area contributed by atoms with Crippen LogP contribution in [0.5, 0.6) is 0 Å². The molecule has 1 saturated heterocycles. The third kappa shape index (κ3) is 2.57. The molecule has 0 saturated carbocycles. The lowest BCUT2D eigenvalue weighted by Gasteiger charge is -2.31. The minimum absolute atomic E-state index is 0.241. The molecule has 1 fully saturated rings. The van der Waals surface area contributed by atoms with E-state index in [2.05, 4.69) is 5.32 Å². The summed E-state index contributed by atoms with van der Waals surface area (Å²) in [6.07, 6.45) is 0. The zero-order valence-electron chi connectivity index (χ0n) is 10.4. The van der Waals surface area contributed by atoms with Crippen molar-refractivity contribution < 1.29 is 14.1 Å². The van der Waals surface area contributed by atoms with Gasteiger partial charge in [-0.05, 0) is 12.1 Å². The van der Waals surface area contributed by atoms with Crippen molar-refractivity contribution in [2.24, 2.45) is 0 Å². The molecular formula is C12H11FN4O3. The summed E-state index contributed by atoms with van der Waals surface area (Å²) in [5.74, 6) is -1.44. The fourth-order valence-electron chi connectivity index (χ4n) is 2.06. The van der Waals surface area contributed by atoms with Gasteiger partial charge in [-0.25, -0.2) is 4.39 Å².